The number of methoxy groups -OCH3 is 1. The van der Waals surface area contributed by atoms with Crippen molar-refractivity contribution in [2.45, 2.75) is 26.9 Å². The normalized spacial score (nSPS) is 12.1. The van der Waals surface area contributed by atoms with E-state index in [2.05, 4.69) is 10.1 Å². The van der Waals surface area contributed by atoms with Crippen LogP contribution >= 0.6 is 0 Å². The Morgan fingerprint density at radius 3 is 2.25 bits per heavy atom. The van der Waals surface area contributed by atoms with Crippen molar-refractivity contribution in [3.05, 3.63) is 12.2 Å². The van der Waals surface area contributed by atoms with Gasteiger partial charge in [0, 0.05) is 18.7 Å². The Bertz CT molecular complexity index is 364. The molecule has 0 aromatic heterocycles. The molecule has 0 rings (SSSR count). The minimum absolute atomic E-state index is 0.0185. The van der Waals surface area contributed by atoms with Crippen LogP contribution in [-0.4, -0.2) is 44.4 Å². The number of hydrogen-bond acceptors (Lipinski definition) is 6. The summed E-state index contributed by atoms with van der Waals surface area (Å²) in [4.78, 5) is 33.4. The maximum Gasteiger partial charge on any atom is 0.407 e. The monoisotopic (exact) mass is 287 g/mol. The molecule has 7 nitrogen and oxygen atoms in total. The van der Waals surface area contributed by atoms with Crippen LogP contribution < -0.4 is 5.32 Å². The Morgan fingerprint density at radius 1 is 1.15 bits per heavy atom. The van der Waals surface area contributed by atoms with E-state index in [1.54, 1.807) is 6.92 Å². The summed E-state index contributed by atoms with van der Waals surface area (Å²) < 4.78 is 14.3. The zero-order chi connectivity index (χ0) is 15.5. The molecule has 0 bridgehead atoms. The van der Waals surface area contributed by atoms with Crippen molar-refractivity contribution in [2.24, 2.45) is 5.92 Å². The van der Waals surface area contributed by atoms with Crippen LogP contribution in [0.4, 0.5) is 4.79 Å². The second-order valence-electron chi connectivity index (χ2n) is 4.20. The number of carbonyl (C=O) groups excluding carboxylic acids is 3. The van der Waals surface area contributed by atoms with Gasteiger partial charge in [0.1, 0.15) is 12.7 Å². The number of carbonyl (C=O) groups is 3. The van der Waals surface area contributed by atoms with Crippen LogP contribution in [0.1, 0.15) is 20.8 Å². The van der Waals surface area contributed by atoms with E-state index >= 15 is 0 Å². The molecule has 0 saturated heterocycles. The zero-order valence-corrected chi connectivity index (χ0v) is 12.2. The molecule has 20 heavy (non-hydrogen) atoms. The quantitative estimate of drug-likeness (QED) is 0.427. The average molecular weight is 287 g/mol. The van der Waals surface area contributed by atoms with E-state index in [4.69, 9.17) is 9.47 Å². The van der Waals surface area contributed by atoms with Crippen LogP contribution in [0.25, 0.3) is 0 Å². The molecule has 1 unspecified atom stereocenters. The number of alkyl carbamates (subject to hydrolysis) is 1. The minimum Gasteiger partial charge on any atom is -0.466 e. The molecule has 0 aromatic carbocycles. The minimum atomic E-state index is -0.708. The number of esters is 2. The molecule has 0 aromatic rings. The van der Waals surface area contributed by atoms with Crippen molar-refractivity contribution in [2.75, 3.05) is 20.3 Å². The molecule has 0 aliphatic rings. The summed E-state index contributed by atoms with van der Waals surface area (Å²) in [6.07, 6.45) is 0.788. The van der Waals surface area contributed by atoms with Crippen molar-refractivity contribution in [1.82, 2.24) is 5.32 Å². The summed E-state index contributed by atoms with van der Waals surface area (Å²) >= 11 is 0. The highest BCUT2D eigenvalue weighted by Gasteiger charge is 2.19. The molecule has 0 radical (unpaired) electrons. The SMILES string of the molecule is CCNC(=O)OC(COC(=O)C=CC(=O)OC)C(C)C. The van der Waals surface area contributed by atoms with Gasteiger partial charge in [-0.15, -0.1) is 0 Å². The van der Waals surface area contributed by atoms with Gasteiger partial charge in [0.2, 0.25) is 0 Å². The summed E-state index contributed by atoms with van der Waals surface area (Å²) in [6.45, 7) is 5.80. The first-order valence-electron chi connectivity index (χ1n) is 6.27. The third-order valence-corrected chi connectivity index (χ3v) is 2.27. The van der Waals surface area contributed by atoms with Crippen LogP contribution in [0.3, 0.4) is 0 Å². The lowest BCUT2D eigenvalue weighted by Gasteiger charge is -2.20. The molecule has 0 fully saturated rings. The molecule has 0 heterocycles. The van der Waals surface area contributed by atoms with Gasteiger partial charge < -0.3 is 19.5 Å². The number of ether oxygens (including phenoxy) is 3. The van der Waals surface area contributed by atoms with E-state index in [-0.39, 0.29) is 12.5 Å². The van der Waals surface area contributed by atoms with E-state index in [0.717, 1.165) is 12.2 Å². The lowest BCUT2D eigenvalue weighted by atomic mass is 10.1. The molecule has 1 atom stereocenters. The van der Waals surface area contributed by atoms with Crippen LogP contribution in [0, 0.1) is 5.92 Å². The van der Waals surface area contributed by atoms with Gasteiger partial charge in [-0.2, -0.15) is 0 Å². The first-order chi connectivity index (χ1) is 9.40. The van der Waals surface area contributed by atoms with Crippen molar-refractivity contribution >= 4 is 18.0 Å². The van der Waals surface area contributed by atoms with E-state index in [9.17, 15) is 14.4 Å². The highest BCUT2D eigenvalue weighted by molar-refractivity contribution is 5.91. The van der Waals surface area contributed by atoms with Gasteiger partial charge >= 0.3 is 18.0 Å². The fraction of sp³-hybridized carbons (Fsp3) is 0.615. The molecular weight excluding hydrogens is 266 g/mol. The Hall–Kier alpha value is -2.05. The van der Waals surface area contributed by atoms with Gasteiger partial charge in [0.05, 0.1) is 7.11 Å². The zero-order valence-electron chi connectivity index (χ0n) is 12.2. The Balaban J connectivity index is 4.27. The van der Waals surface area contributed by atoms with Gasteiger partial charge in [0.15, 0.2) is 0 Å². The van der Waals surface area contributed by atoms with Crippen LogP contribution in [0.2, 0.25) is 0 Å². The molecule has 0 saturated carbocycles. The second kappa shape index (κ2) is 9.82. The first kappa shape index (κ1) is 17.9. The lowest BCUT2D eigenvalue weighted by molar-refractivity contribution is -0.142. The molecule has 1 N–H and O–H groups in total. The van der Waals surface area contributed by atoms with E-state index < -0.39 is 24.1 Å². The highest BCUT2D eigenvalue weighted by Crippen LogP contribution is 2.08. The maximum absolute atomic E-state index is 11.3. The predicted octanol–water partition coefficient (Wildman–Crippen LogP) is 1.03. The van der Waals surface area contributed by atoms with Gasteiger partial charge in [0.25, 0.3) is 0 Å². The molecule has 0 spiro atoms. The largest absolute Gasteiger partial charge is 0.466 e. The van der Waals surface area contributed by atoms with Crippen molar-refractivity contribution in [3.8, 4) is 0 Å². The maximum atomic E-state index is 11.3. The number of rotatable bonds is 7. The summed E-state index contributed by atoms with van der Waals surface area (Å²) in [5.41, 5.74) is 0. The Kier molecular flexibility index (Phi) is 8.82. The Morgan fingerprint density at radius 2 is 1.75 bits per heavy atom. The van der Waals surface area contributed by atoms with E-state index in [0.29, 0.717) is 6.54 Å². The smallest absolute Gasteiger partial charge is 0.407 e. The van der Waals surface area contributed by atoms with Crippen molar-refractivity contribution in [1.29, 1.82) is 0 Å². The molecule has 0 aliphatic carbocycles. The molecule has 1 amide bonds. The number of nitrogens with one attached hydrogen (secondary N) is 1. The third kappa shape index (κ3) is 8.12. The lowest BCUT2D eigenvalue weighted by Crippen LogP contribution is -2.34. The molecule has 7 heteroatoms. The van der Waals surface area contributed by atoms with E-state index in [1.807, 2.05) is 13.8 Å². The molecular formula is C13H21NO6. The summed E-state index contributed by atoms with van der Waals surface area (Å²) in [5, 5.41) is 2.49. The van der Waals surface area contributed by atoms with Crippen LogP contribution in [0.15, 0.2) is 12.2 Å². The van der Waals surface area contributed by atoms with E-state index in [1.165, 1.54) is 7.11 Å². The van der Waals surface area contributed by atoms with Crippen molar-refractivity contribution < 1.29 is 28.6 Å². The standard InChI is InChI=1S/C13H21NO6/c1-5-14-13(17)20-10(9(2)3)8-19-12(16)7-6-11(15)18-4/h6-7,9-10H,5,8H2,1-4H3,(H,14,17). The van der Waals surface area contributed by atoms with Crippen LogP contribution in [-0.2, 0) is 23.8 Å². The topological polar surface area (TPSA) is 90.9 Å². The number of amides is 1. The first-order valence-corrected chi connectivity index (χ1v) is 6.27. The Labute approximate surface area is 118 Å². The summed E-state index contributed by atoms with van der Waals surface area (Å²) in [6, 6.07) is 0. The van der Waals surface area contributed by atoms with Gasteiger partial charge in [-0.1, -0.05) is 13.8 Å². The predicted molar refractivity (Wildman–Crippen MR) is 70.9 cm³/mol. The fourth-order valence-corrected chi connectivity index (χ4v) is 1.10. The fourth-order valence-electron chi connectivity index (χ4n) is 1.10. The van der Waals surface area contributed by atoms with Crippen molar-refractivity contribution in [3.63, 3.8) is 0 Å². The number of hydrogen-bond donors (Lipinski definition) is 1. The second-order valence-corrected chi connectivity index (χ2v) is 4.20. The molecule has 114 valence electrons. The average Bonchev–Trinajstić information content (AvgIpc) is 2.40. The highest BCUT2D eigenvalue weighted by atomic mass is 16.6. The van der Waals surface area contributed by atoms with Gasteiger partial charge in [-0.25, -0.2) is 14.4 Å². The third-order valence-electron chi connectivity index (χ3n) is 2.27. The van der Waals surface area contributed by atoms with Crippen LogP contribution in [0.5, 0.6) is 0 Å². The summed E-state index contributed by atoms with van der Waals surface area (Å²) in [5.74, 6) is -1.38. The summed E-state index contributed by atoms with van der Waals surface area (Å²) in [7, 11) is 1.20. The molecule has 0 aliphatic heterocycles. The van der Waals surface area contributed by atoms with Gasteiger partial charge in [-0.3, -0.25) is 0 Å². The van der Waals surface area contributed by atoms with Gasteiger partial charge in [-0.05, 0) is 12.8 Å².